The van der Waals surface area contributed by atoms with Crippen molar-refractivity contribution in [1.29, 1.82) is 0 Å². The summed E-state index contributed by atoms with van der Waals surface area (Å²) in [6.07, 6.45) is 1.55. The predicted octanol–water partition coefficient (Wildman–Crippen LogP) is 1.13. The fraction of sp³-hybridized carbons (Fsp3) is 0.846. The topological polar surface area (TPSA) is 81.7 Å². The van der Waals surface area contributed by atoms with Gasteiger partial charge in [-0.05, 0) is 25.9 Å². The molecule has 0 saturated heterocycles. The first-order chi connectivity index (χ1) is 9.01. The Balaban J connectivity index is 3.61. The number of rotatable bonds is 10. The van der Waals surface area contributed by atoms with Crippen LogP contribution in [0.2, 0.25) is 0 Å². The van der Waals surface area contributed by atoms with Crippen LogP contribution in [0.4, 0.5) is 4.79 Å². The number of carbonyl (C=O) groups is 2. The van der Waals surface area contributed by atoms with Crippen LogP contribution in [-0.4, -0.2) is 54.7 Å². The summed E-state index contributed by atoms with van der Waals surface area (Å²) < 4.78 is 0. The molecule has 0 aliphatic rings. The molecule has 2 amide bonds. The number of likely N-dealkylation sites (N-methyl/N-ethyl adjacent to an activating group) is 1. The molecular formula is C13H27N3O3. The summed E-state index contributed by atoms with van der Waals surface area (Å²) in [6.45, 7) is 9.70. The Hall–Kier alpha value is -1.30. The summed E-state index contributed by atoms with van der Waals surface area (Å²) in [5, 5.41) is 14.1. The lowest BCUT2D eigenvalue weighted by molar-refractivity contribution is -0.141. The SMILES string of the molecule is CCCN(CC)CCNC(=O)NCCC(C)C(=O)O. The molecule has 6 nitrogen and oxygen atoms in total. The van der Waals surface area contributed by atoms with Crippen molar-refractivity contribution in [3.8, 4) is 0 Å². The minimum absolute atomic E-state index is 0.231. The lowest BCUT2D eigenvalue weighted by atomic mass is 10.1. The third-order valence-electron chi connectivity index (χ3n) is 2.99. The number of carboxylic acid groups (broad SMARTS) is 1. The van der Waals surface area contributed by atoms with Crippen LogP contribution in [0, 0.1) is 5.92 Å². The maximum Gasteiger partial charge on any atom is 0.314 e. The van der Waals surface area contributed by atoms with Crippen molar-refractivity contribution in [2.24, 2.45) is 5.92 Å². The quantitative estimate of drug-likeness (QED) is 0.557. The largest absolute Gasteiger partial charge is 0.481 e. The van der Waals surface area contributed by atoms with Gasteiger partial charge in [0.15, 0.2) is 0 Å². The molecule has 0 bridgehead atoms. The highest BCUT2D eigenvalue weighted by Crippen LogP contribution is 1.99. The van der Waals surface area contributed by atoms with E-state index in [-0.39, 0.29) is 6.03 Å². The minimum atomic E-state index is -0.833. The van der Waals surface area contributed by atoms with Gasteiger partial charge in [-0.15, -0.1) is 0 Å². The summed E-state index contributed by atoms with van der Waals surface area (Å²) in [5.41, 5.74) is 0. The number of aliphatic carboxylic acids is 1. The maximum absolute atomic E-state index is 11.4. The molecule has 0 heterocycles. The van der Waals surface area contributed by atoms with Gasteiger partial charge in [-0.25, -0.2) is 4.79 Å². The van der Waals surface area contributed by atoms with E-state index in [1.54, 1.807) is 6.92 Å². The van der Waals surface area contributed by atoms with E-state index in [1.807, 2.05) is 0 Å². The molecule has 3 N–H and O–H groups in total. The summed E-state index contributed by atoms with van der Waals surface area (Å²) in [6, 6.07) is -0.231. The van der Waals surface area contributed by atoms with Crippen LogP contribution in [0.15, 0.2) is 0 Å². The lowest BCUT2D eigenvalue weighted by Crippen LogP contribution is -2.41. The van der Waals surface area contributed by atoms with Crippen molar-refractivity contribution in [2.45, 2.75) is 33.6 Å². The average molecular weight is 273 g/mol. The van der Waals surface area contributed by atoms with E-state index in [2.05, 4.69) is 29.4 Å². The van der Waals surface area contributed by atoms with Crippen molar-refractivity contribution in [2.75, 3.05) is 32.7 Å². The molecule has 0 spiro atoms. The van der Waals surface area contributed by atoms with E-state index in [1.165, 1.54) is 0 Å². The van der Waals surface area contributed by atoms with Crippen LogP contribution in [0.1, 0.15) is 33.6 Å². The Morgan fingerprint density at radius 3 is 2.32 bits per heavy atom. The first-order valence-electron chi connectivity index (χ1n) is 6.98. The minimum Gasteiger partial charge on any atom is -0.481 e. The van der Waals surface area contributed by atoms with Gasteiger partial charge in [0.2, 0.25) is 0 Å². The number of carboxylic acids is 1. The zero-order chi connectivity index (χ0) is 14.7. The number of nitrogens with zero attached hydrogens (tertiary/aromatic N) is 1. The highest BCUT2D eigenvalue weighted by Gasteiger charge is 2.10. The Morgan fingerprint density at radius 1 is 1.16 bits per heavy atom. The van der Waals surface area contributed by atoms with Gasteiger partial charge in [-0.3, -0.25) is 4.79 Å². The number of hydrogen-bond donors (Lipinski definition) is 3. The van der Waals surface area contributed by atoms with E-state index in [9.17, 15) is 9.59 Å². The molecule has 6 heteroatoms. The Kier molecular flexibility index (Phi) is 9.88. The normalized spacial score (nSPS) is 12.2. The Labute approximate surface area is 115 Å². The molecule has 0 fully saturated rings. The monoisotopic (exact) mass is 273 g/mol. The van der Waals surface area contributed by atoms with Crippen molar-refractivity contribution < 1.29 is 14.7 Å². The molecular weight excluding hydrogens is 246 g/mol. The number of hydrogen-bond acceptors (Lipinski definition) is 3. The van der Waals surface area contributed by atoms with Gasteiger partial charge >= 0.3 is 12.0 Å². The van der Waals surface area contributed by atoms with Crippen molar-refractivity contribution in [1.82, 2.24) is 15.5 Å². The van der Waals surface area contributed by atoms with Gasteiger partial charge in [0.25, 0.3) is 0 Å². The maximum atomic E-state index is 11.4. The predicted molar refractivity (Wildman–Crippen MR) is 75.2 cm³/mol. The van der Waals surface area contributed by atoms with Gasteiger partial charge < -0.3 is 20.6 Å². The first-order valence-corrected chi connectivity index (χ1v) is 6.98. The molecule has 0 aliphatic carbocycles. The lowest BCUT2D eigenvalue weighted by Gasteiger charge is -2.19. The van der Waals surface area contributed by atoms with Crippen molar-refractivity contribution in [3.63, 3.8) is 0 Å². The van der Waals surface area contributed by atoms with Crippen molar-refractivity contribution in [3.05, 3.63) is 0 Å². The second kappa shape index (κ2) is 10.6. The molecule has 112 valence electrons. The van der Waals surface area contributed by atoms with Gasteiger partial charge in [0.05, 0.1) is 5.92 Å². The van der Waals surface area contributed by atoms with Crippen LogP contribution < -0.4 is 10.6 Å². The number of amides is 2. The summed E-state index contributed by atoms with van der Waals surface area (Å²) >= 11 is 0. The number of urea groups is 1. The van der Waals surface area contributed by atoms with Gasteiger partial charge in [0.1, 0.15) is 0 Å². The molecule has 1 atom stereocenters. The summed E-state index contributed by atoms with van der Waals surface area (Å²) in [7, 11) is 0. The molecule has 0 aromatic heterocycles. The zero-order valence-electron chi connectivity index (χ0n) is 12.2. The van der Waals surface area contributed by atoms with E-state index >= 15 is 0 Å². The summed E-state index contributed by atoms with van der Waals surface area (Å²) in [4.78, 5) is 24.3. The third-order valence-corrected chi connectivity index (χ3v) is 2.99. The molecule has 0 aromatic rings. The molecule has 0 saturated carbocycles. The highest BCUT2D eigenvalue weighted by molar-refractivity contribution is 5.74. The fourth-order valence-corrected chi connectivity index (χ4v) is 1.66. The zero-order valence-corrected chi connectivity index (χ0v) is 12.2. The smallest absolute Gasteiger partial charge is 0.314 e. The Morgan fingerprint density at radius 2 is 1.79 bits per heavy atom. The van der Waals surface area contributed by atoms with Gasteiger partial charge in [-0.1, -0.05) is 20.8 Å². The van der Waals surface area contributed by atoms with Crippen LogP contribution in [-0.2, 0) is 4.79 Å². The molecule has 0 rings (SSSR count). The van der Waals surface area contributed by atoms with E-state index in [4.69, 9.17) is 5.11 Å². The second-order valence-electron chi connectivity index (χ2n) is 4.64. The van der Waals surface area contributed by atoms with Crippen LogP contribution in [0.3, 0.4) is 0 Å². The number of nitrogens with one attached hydrogen (secondary N) is 2. The molecule has 1 unspecified atom stereocenters. The average Bonchev–Trinajstić information content (AvgIpc) is 2.37. The van der Waals surface area contributed by atoms with Crippen LogP contribution in [0.5, 0.6) is 0 Å². The standard InChI is InChI=1S/C13H27N3O3/c1-4-9-16(5-2)10-8-15-13(19)14-7-6-11(3)12(17)18/h11H,4-10H2,1-3H3,(H,17,18)(H2,14,15,19). The van der Waals surface area contributed by atoms with Crippen molar-refractivity contribution >= 4 is 12.0 Å². The molecule has 19 heavy (non-hydrogen) atoms. The molecule has 0 aliphatic heterocycles. The van der Waals surface area contributed by atoms with E-state index in [0.717, 1.165) is 26.1 Å². The molecule has 0 radical (unpaired) electrons. The summed E-state index contributed by atoms with van der Waals surface area (Å²) in [5.74, 6) is -1.26. The Bertz CT molecular complexity index is 272. The van der Waals surface area contributed by atoms with Crippen LogP contribution >= 0.6 is 0 Å². The van der Waals surface area contributed by atoms with E-state index < -0.39 is 11.9 Å². The van der Waals surface area contributed by atoms with E-state index in [0.29, 0.717) is 19.5 Å². The second-order valence-corrected chi connectivity index (χ2v) is 4.64. The third kappa shape index (κ3) is 9.30. The van der Waals surface area contributed by atoms with Gasteiger partial charge in [0, 0.05) is 19.6 Å². The first kappa shape index (κ1) is 17.7. The fourth-order valence-electron chi connectivity index (χ4n) is 1.66. The van der Waals surface area contributed by atoms with Gasteiger partial charge in [-0.2, -0.15) is 0 Å². The number of carbonyl (C=O) groups excluding carboxylic acids is 1. The highest BCUT2D eigenvalue weighted by atomic mass is 16.4. The van der Waals surface area contributed by atoms with Crippen LogP contribution in [0.25, 0.3) is 0 Å². The molecule has 0 aromatic carbocycles.